The molecule has 3 atom stereocenters. The van der Waals surface area contributed by atoms with Crippen molar-refractivity contribution in [1.29, 1.82) is 10.8 Å². The summed E-state index contributed by atoms with van der Waals surface area (Å²) < 4.78 is 39.3. The monoisotopic (exact) mass is 598 g/mol. The molecule has 1 aromatic heterocycles. The number of alkyl halides is 1. The second kappa shape index (κ2) is 13.1. The maximum absolute atomic E-state index is 15.5. The van der Waals surface area contributed by atoms with Crippen LogP contribution in [0.4, 0.5) is 8.78 Å². The Morgan fingerprint density at radius 3 is 2.38 bits per heavy atom. The number of hydrogen-bond acceptors (Lipinski definition) is 7. The number of halogens is 2. The van der Waals surface area contributed by atoms with Crippen LogP contribution in [-0.2, 0) is 14.3 Å². The van der Waals surface area contributed by atoms with Gasteiger partial charge in [0.2, 0.25) is 11.8 Å². The summed E-state index contributed by atoms with van der Waals surface area (Å²) in [6.07, 6.45) is -0.235. The molecule has 1 fully saturated rings. The SMILES string of the molecule is COC[C@@]1(F)C[C@@H](C(=O)N[C@H](C)c2cc(C(=N)N)cs2)N(C(=O)CNC(=N)c2ccc(Oc3ccc(F)cc3)cc2)C1. The number of nitrogen functional groups attached to an aromatic ring is 1. The van der Waals surface area contributed by atoms with Crippen molar-refractivity contribution in [2.45, 2.75) is 31.1 Å². The van der Waals surface area contributed by atoms with Gasteiger partial charge in [0.25, 0.3) is 0 Å². The highest BCUT2D eigenvalue weighted by molar-refractivity contribution is 7.10. The highest BCUT2D eigenvalue weighted by Crippen LogP contribution is 2.32. The average molecular weight is 599 g/mol. The van der Waals surface area contributed by atoms with Crippen molar-refractivity contribution in [2.75, 3.05) is 26.8 Å². The zero-order valence-corrected chi connectivity index (χ0v) is 23.9. The number of thiophene rings is 1. The maximum atomic E-state index is 15.5. The molecule has 0 aliphatic carbocycles. The number of likely N-dealkylation sites (tertiary alicyclic amines) is 1. The third-order valence-corrected chi connectivity index (χ3v) is 7.86. The molecular formula is C29H32F2N6O4S. The van der Waals surface area contributed by atoms with Crippen molar-refractivity contribution in [1.82, 2.24) is 15.5 Å². The Hall–Kier alpha value is -4.36. The van der Waals surface area contributed by atoms with E-state index in [0.29, 0.717) is 22.6 Å². The largest absolute Gasteiger partial charge is 0.457 e. The van der Waals surface area contributed by atoms with Gasteiger partial charge in [-0.3, -0.25) is 20.4 Å². The van der Waals surface area contributed by atoms with Gasteiger partial charge in [0, 0.05) is 34.9 Å². The van der Waals surface area contributed by atoms with E-state index < -0.39 is 29.6 Å². The van der Waals surface area contributed by atoms with Gasteiger partial charge in [0.05, 0.1) is 25.7 Å². The molecule has 0 radical (unpaired) electrons. The van der Waals surface area contributed by atoms with Gasteiger partial charge in [-0.1, -0.05) is 0 Å². The molecule has 3 aromatic rings. The fourth-order valence-corrected chi connectivity index (χ4v) is 5.51. The quantitative estimate of drug-likeness (QED) is 0.168. The Labute approximate surface area is 245 Å². The summed E-state index contributed by atoms with van der Waals surface area (Å²) in [7, 11) is 1.35. The van der Waals surface area contributed by atoms with Crippen LogP contribution >= 0.6 is 11.3 Å². The number of carbonyl (C=O) groups is 2. The van der Waals surface area contributed by atoms with Gasteiger partial charge in [-0.15, -0.1) is 11.3 Å². The minimum Gasteiger partial charge on any atom is -0.457 e. The van der Waals surface area contributed by atoms with Crippen molar-refractivity contribution in [3.63, 3.8) is 0 Å². The Kier molecular flexibility index (Phi) is 9.53. The molecule has 1 aliphatic rings. The highest BCUT2D eigenvalue weighted by Gasteiger charge is 2.49. The molecule has 4 rings (SSSR count). The average Bonchev–Trinajstić information content (AvgIpc) is 3.59. The normalized spacial score (nSPS) is 18.8. The Morgan fingerprint density at radius 1 is 1.14 bits per heavy atom. The standard InChI is InChI=1S/C29H32F2N6O4S/c1-17(24-11-19(14-42-24)26(32)33)36-28(39)23-12-29(31,16-40-2)15-37(23)25(38)13-35-27(34)18-3-7-21(8-4-18)41-22-9-5-20(30)6-10-22/h3-11,14,17,23H,12-13,15-16H2,1-2H3,(H3,32,33)(H2,34,35)(H,36,39)/t17-,23+,29-/m1/s1. The van der Waals surface area contributed by atoms with Gasteiger partial charge in [-0.05, 0) is 61.5 Å². The second-order valence-electron chi connectivity index (χ2n) is 10.0. The lowest BCUT2D eigenvalue weighted by atomic mass is 10.0. The molecule has 0 bridgehead atoms. The molecule has 2 heterocycles. The lowest BCUT2D eigenvalue weighted by Gasteiger charge is -2.25. The summed E-state index contributed by atoms with van der Waals surface area (Å²) >= 11 is 1.33. The maximum Gasteiger partial charge on any atom is 0.243 e. The number of amides is 2. The van der Waals surface area contributed by atoms with Crippen LogP contribution in [0.15, 0.2) is 60.0 Å². The van der Waals surface area contributed by atoms with E-state index in [1.54, 1.807) is 42.6 Å². The molecular weight excluding hydrogens is 566 g/mol. The first-order valence-electron chi connectivity index (χ1n) is 13.0. The zero-order valence-electron chi connectivity index (χ0n) is 23.1. The van der Waals surface area contributed by atoms with Gasteiger partial charge in [0.1, 0.15) is 35.0 Å². The van der Waals surface area contributed by atoms with Crippen LogP contribution in [0, 0.1) is 16.6 Å². The fourth-order valence-electron chi connectivity index (χ4n) is 4.59. The van der Waals surface area contributed by atoms with E-state index in [1.165, 1.54) is 47.6 Å². The number of carbonyl (C=O) groups excluding carboxylic acids is 2. The number of methoxy groups -OCH3 is 1. The molecule has 0 unspecified atom stereocenters. The van der Waals surface area contributed by atoms with Gasteiger partial charge < -0.3 is 30.7 Å². The van der Waals surface area contributed by atoms with Crippen molar-refractivity contribution < 1.29 is 27.8 Å². The number of rotatable bonds is 11. The van der Waals surface area contributed by atoms with E-state index in [9.17, 15) is 14.0 Å². The van der Waals surface area contributed by atoms with Crippen LogP contribution in [0.3, 0.4) is 0 Å². The van der Waals surface area contributed by atoms with Gasteiger partial charge in [-0.25, -0.2) is 8.78 Å². The molecule has 1 aliphatic heterocycles. The van der Waals surface area contributed by atoms with E-state index in [0.717, 1.165) is 4.88 Å². The first-order valence-corrected chi connectivity index (χ1v) is 13.9. The molecule has 222 valence electrons. The lowest BCUT2D eigenvalue weighted by Crippen LogP contribution is -2.49. The molecule has 2 aromatic carbocycles. The van der Waals surface area contributed by atoms with E-state index in [4.69, 9.17) is 26.0 Å². The summed E-state index contributed by atoms with van der Waals surface area (Å²) in [5, 5.41) is 23.2. The van der Waals surface area contributed by atoms with Crippen LogP contribution in [-0.4, -0.2) is 66.9 Å². The lowest BCUT2D eigenvalue weighted by molar-refractivity contribution is -0.138. The minimum atomic E-state index is -1.91. The van der Waals surface area contributed by atoms with E-state index >= 15 is 4.39 Å². The molecule has 1 saturated heterocycles. The van der Waals surface area contributed by atoms with Gasteiger partial charge >= 0.3 is 0 Å². The van der Waals surface area contributed by atoms with Crippen molar-refractivity contribution >= 4 is 34.8 Å². The first kappa shape index (κ1) is 30.6. The number of benzene rings is 2. The van der Waals surface area contributed by atoms with Crippen LogP contribution in [0.1, 0.15) is 35.4 Å². The van der Waals surface area contributed by atoms with Crippen LogP contribution < -0.4 is 21.1 Å². The number of nitrogens with one attached hydrogen (secondary N) is 4. The summed E-state index contributed by atoms with van der Waals surface area (Å²) in [6, 6.07) is 12.3. The Bertz CT molecular complexity index is 1450. The smallest absolute Gasteiger partial charge is 0.243 e. The van der Waals surface area contributed by atoms with E-state index in [2.05, 4.69) is 10.6 Å². The fraction of sp³-hybridized carbons (Fsp3) is 0.310. The van der Waals surface area contributed by atoms with Gasteiger partial charge in [-0.2, -0.15) is 0 Å². The predicted molar refractivity (Wildman–Crippen MR) is 155 cm³/mol. The van der Waals surface area contributed by atoms with Crippen molar-refractivity contribution in [3.05, 3.63) is 81.8 Å². The first-order chi connectivity index (χ1) is 20.0. The molecule has 42 heavy (non-hydrogen) atoms. The number of nitrogens with two attached hydrogens (primary N) is 1. The Morgan fingerprint density at radius 2 is 1.79 bits per heavy atom. The van der Waals surface area contributed by atoms with Crippen molar-refractivity contribution in [2.24, 2.45) is 5.73 Å². The third-order valence-electron chi connectivity index (χ3n) is 6.74. The molecule has 6 N–H and O–H groups in total. The molecule has 2 amide bonds. The number of hydrogen-bond donors (Lipinski definition) is 5. The van der Waals surface area contributed by atoms with Crippen LogP contribution in [0.5, 0.6) is 11.5 Å². The second-order valence-corrected chi connectivity index (χ2v) is 11.0. The number of nitrogens with zero attached hydrogens (tertiary/aromatic N) is 1. The Balaban J connectivity index is 1.37. The molecule has 0 spiro atoms. The highest BCUT2D eigenvalue weighted by atomic mass is 32.1. The summed E-state index contributed by atoms with van der Waals surface area (Å²) in [6.45, 7) is 0.816. The number of amidine groups is 2. The van der Waals surface area contributed by atoms with Crippen LogP contribution in [0.2, 0.25) is 0 Å². The molecule has 10 nitrogen and oxygen atoms in total. The zero-order chi connectivity index (χ0) is 30.4. The van der Waals surface area contributed by atoms with Crippen LogP contribution in [0.25, 0.3) is 0 Å². The summed E-state index contributed by atoms with van der Waals surface area (Å²) in [4.78, 5) is 28.4. The topological polar surface area (TPSA) is 154 Å². The third kappa shape index (κ3) is 7.47. The van der Waals surface area contributed by atoms with E-state index in [-0.39, 0.29) is 43.6 Å². The molecule has 13 heteroatoms. The van der Waals surface area contributed by atoms with Crippen molar-refractivity contribution in [3.8, 4) is 11.5 Å². The summed E-state index contributed by atoms with van der Waals surface area (Å²) in [5.41, 5.74) is 4.64. The molecule has 0 saturated carbocycles. The predicted octanol–water partition coefficient (Wildman–Crippen LogP) is 3.71. The van der Waals surface area contributed by atoms with E-state index in [1.807, 2.05) is 0 Å². The number of ether oxygens (including phenoxy) is 2. The van der Waals surface area contributed by atoms with Gasteiger partial charge in [0.15, 0.2) is 5.67 Å². The summed E-state index contributed by atoms with van der Waals surface area (Å²) in [5.74, 6) is -0.640. The minimum absolute atomic E-state index is 0.0483.